The lowest BCUT2D eigenvalue weighted by molar-refractivity contribution is -0.161. The molecule has 17 nitrogen and oxygen atoms in total. The highest BCUT2D eigenvalue weighted by Crippen LogP contribution is 2.45. The molecule has 0 radical (unpaired) electrons. The lowest BCUT2D eigenvalue weighted by Crippen LogP contribution is -2.30. The second-order valence-electron chi connectivity index (χ2n) is 27.2. The summed E-state index contributed by atoms with van der Waals surface area (Å²) in [6, 6.07) is 0. The third kappa shape index (κ3) is 66.6. The van der Waals surface area contributed by atoms with E-state index in [9.17, 15) is 43.2 Å². The summed E-state index contributed by atoms with van der Waals surface area (Å²) in [6.45, 7) is 11.7. The Morgan fingerprint density at radius 2 is 0.634 bits per heavy atom. The summed E-state index contributed by atoms with van der Waals surface area (Å²) in [5, 5.41) is 10.6. The zero-order chi connectivity index (χ0) is 68.7. The van der Waals surface area contributed by atoms with Crippen LogP contribution in [0.5, 0.6) is 0 Å². The molecule has 3 N–H and O–H groups in total. The monoisotopic (exact) mass is 1360 g/mol. The van der Waals surface area contributed by atoms with Gasteiger partial charge in [0.25, 0.3) is 0 Å². The summed E-state index contributed by atoms with van der Waals surface area (Å²) in [5.74, 6) is 0.0839. The van der Waals surface area contributed by atoms with E-state index >= 15 is 0 Å². The molecule has 0 aromatic heterocycles. The molecule has 0 fully saturated rings. The van der Waals surface area contributed by atoms with Gasteiger partial charge in [-0.15, -0.1) is 0 Å². The number of unbranched alkanes of at least 4 members (excludes halogenated alkanes) is 34. The molecule has 0 aromatic rings. The average molecular weight is 1360 g/mol. The molecule has 0 amide bonds. The fraction of sp³-hybridized carbons (Fsp3) is 0.892. The van der Waals surface area contributed by atoms with Crippen LogP contribution in [0.15, 0.2) is 24.3 Å². The van der Waals surface area contributed by atoms with Crippen molar-refractivity contribution in [3.63, 3.8) is 0 Å². The van der Waals surface area contributed by atoms with E-state index in [1.165, 1.54) is 135 Å². The first kappa shape index (κ1) is 90.5. The number of phosphoric acid groups is 2. The number of carbonyl (C=O) groups is 4. The number of ether oxygens (including phenoxy) is 4. The first-order valence-corrected chi connectivity index (χ1v) is 40.7. The number of phosphoric ester groups is 2. The van der Waals surface area contributed by atoms with Gasteiger partial charge >= 0.3 is 39.5 Å². The van der Waals surface area contributed by atoms with Crippen LogP contribution in [0.1, 0.15) is 350 Å². The summed E-state index contributed by atoms with van der Waals surface area (Å²) >= 11 is 0. The molecule has 0 aromatic carbocycles. The minimum absolute atomic E-state index is 0.0973. The molecular weight excluding hydrogens is 1220 g/mol. The van der Waals surface area contributed by atoms with Crippen molar-refractivity contribution in [2.75, 3.05) is 39.6 Å². The van der Waals surface area contributed by atoms with E-state index in [1.54, 1.807) is 0 Å². The first-order chi connectivity index (χ1) is 44.8. The van der Waals surface area contributed by atoms with Gasteiger partial charge < -0.3 is 33.8 Å². The van der Waals surface area contributed by atoms with Crippen LogP contribution in [-0.4, -0.2) is 96.7 Å². The van der Waals surface area contributed by atoms with Crippen molar-refractivity contribution in [1.29, 1.82) is 0 Å². The number of rotatable bonds is 70. The van der Waals surface area contributed by atoms with E-state index in [4.69, 9.17) is 37.0 Å². The van der Waals surface area contributed by atoms with Gasteiger partial charge in [-0.05, 0) is 69.1 Å². The fourth-order valence-electron chi connectivity index (χ4n) is 10.7. The molecule has 548 valence electrons. The number of hydrogen-bond acceptors (Lipinski definition) is 15. The van der Waals surface area contributed by atoms with Crippen molar-refractivity contribution in [3.05, 3.63) is 24.3 Å². The van der Waals surface area contributed by atoms with E-state index in [0.717, 1.165) is 127 Å². The minimum atomic E-state index is -4.96. The van der Waals surface area contributed by atoms with Gasteiger partial charge in [0.1, 0.15) is 19.3 Å². The predicted octanol–water partition coefficient (Wildman–Crippen LogP) is 21.0. The van der Waals surface area contributed by atoms with E-state index in [2.05, 4.69) is 72.8 Å². The van der Waals surface area contributed by atoms with Crippen LogP contribution in [0.2, 0.25) is 0 Å². The highest BCUT2D eigenvalue weighted by Gasteiger charge is 2.30. The summed E-state index contributed by atoms with van der Waals surface area (Å²) in [4.78, 5) is 72.7. The molecule has 0 rings (SSSR count). The van der Waals surface area contributed by atoms with Gasteiger partial charge in [0.05, 0.1) is 26.4 Å². The Morgan fingerprint density at radius 3 is 0.957 bits per heavy atom. The van der Waals surface area contributed by atoms with Gasteiger partial charge in [-0.25, -0.2) is 9.13 Å². The number of aliphatic hydroxyl groups excluding tert-OH is 1. The fourth-order valence-corrected chi connectivity index (χ4v) is 12.3. The molecule has 0 saturated heterocycles. The van der Waals surface area contributed by atoms with Crippen molar-refractivity contribution < 1.29 is 80.2 Å². The van der Waals surface area contributed by atoms with E-state index in [1.807, 2.05) is 0 Å². The molecule has 93 heavy (non-hydrogen) atoms. The average Bonchev–Trinajstić information content (AvgIpc) is 1.95. The van der Waals surface area contributed by atoms with E-state index < -0.39 is 97.5 Å². The van der Waals surface area contributed by atoms with Gasteiger partial charge in [-0.3, -0.25) is 37.3 Å². The van der Waals surface area contributed by atoms with Crippen LogP contribution >= 0.6 is 15.6 Å². The Morgan fingerprint density at radius 1 is 0.355 bits per heavy atom. The maximum atomic E-state index is 13.0. The number of esters is 4. The third-order valence-corrected chi connectivity index (χ3v) is 18.8. The van der Waals surface area contributed by atoms with E-state index in [-0.39, 0.29) is 25.7 Å². The van der Waals surface area contributed by atoms with Gasteiger partial charge in [0.2, 0.25) is 0 Å². The molecule has 6 atom stereocenters. The van der Waals surface area contributed by atoms with Gasteiger partial charge in [-0.1, -0.05) is 297 Å². The molecule has 0 bridgehead atoms. The molecule has 0 saturated carbocycles. The SMILES string of the molecule is CCCCCC/C=C\C=C/CCCCCCCC(=O)OC[C@H](COP(=O)(O)OC[C@@H](O)COP(=O)(O)OC[C@@H](COC(=O)CCCCCCCCC(C)CC)OC(=O)CCCCCCCCCCCCCCCCC(C)C)OC(=O)CCCCCCCCCCC(C)C. The van der Waals surface area contributed by atoms with Crippen molar-refractivity contribution in [2.24, 2.45) is 17.8 Å². The zero-order valence-electron chi connectivity index (χ0n) is 60.2. The summed E-state index contributed by atoms with van der Waals surface area (Å²) in [7, 11) is -9.92. The van der Waals surface area contributed by atoms with Crippen LogP contribution < -0.4 is 0 Å². The minimum Gasteiger partial charge on any atom is -0.462 e. The van der Waals surface area contributed by atoms with E-state index in [0.29, 0.717) is 31.6 Å². The maximum Gasteiger partial charge on any atom is 0.472 e. The van der Waals surface area contributed by atoms with Gasteiger partial charge in [0, 0.05) is 25.7 Å². The first-order valence-electron chi connectivity index (χ1n) is 37.7. The van der Waals surface area contributed by atoms with Gasteiger partial charge in [0.15, 0.2) is 12.2 Å². The highest BCUT2D eigenvalue weighted by molar-refractivity contribution is 7.47. The normalized spacial score (nSPS) is 14.6. The number of hydrogen-bond donors (Lipinski definition) is 3. The quantitative estimate of drug-likeness (QED) is 0.0169. The smallest absolute Gasteiger partial charge is 0.462 e. The Bertz CT molecular complexity index is 1910. The Hall–Kier alpha value is -2.46. The predicted molar refractivity (Wildman–Crippen MR) is 377 cm³/mol. The molecule has 0 aliphatic rings. The topological polar surface area (TPSA) is 237 Å². The lowest BCUT2D eigenvalue weighted by atomic mass is 10.00. The summed E-state index contributed by atoms with van der Waals surface area (Å²) in [5.41, 5.74) is 0. The van der Waals surface area contributed by atoms with Crippen molar-refractivity contribution >= 4 is 39.5 Å². The lowest BCUT2D eigenvalue weighted by Gasteiger charge is -2.21. The summed E-state index contributed by atoms with van der Waals surface area (Å²) < 4.78 is 68.4. The van der Waals surface area contributed by atoms with Crippen LogP contribution in [0, 0.1) is 17.8 Å². The molecular formula is C74H140O17P2. The number of carbonyl (C=O) groups excluding carboxylic acids is 4. The molecule has 0 aliphatic heterocycles. The highest BCUT2D eigenvalue weighted by atomic mass is 31.2. The van der Waals surface area contributed by atoms with Crippen molar-refractivity contribution in [2.45, 2.75) is 369 Å². The molecule has 19 heteroatoms. The largest absolute Gasteiger partial charge is 0.472 e. The zero-order valence-corrected chi connectivity index (χ0v) is 62.0. The molecule has 0 spiro atoms. The molecule has 0 heterocycles. The standard InChI is InChI=1S/C74H140O17P2/c1-8-10-11-12-13-14-15-16-17-21-24-27-33-41-48-55-71(76)84-61-69(91-74(79)58-51-44-35-30-29-32-39-46-53-66(5)6)63-88-92(80,81)86-59-68(75)60-87-93(82,83)89-64-70(62-85-72(77)56-49-42-37-36-40-47-54-67(7)9-2)90-73(78)57-50-43-34-28-25-22-19-18-20-23-26-31-38-45-52-65(3)4/h14-17,65-70,75H,8-13,18-64H2,1-7H3,(H,80,81)(H,82,83)/b15-14-,17-16-/t67?,68-,69-,70-/m1/s1. The number of allylic oxidation sites excluding steroid dienone is 4. The van der Waals surface area contributed by atoms with Crippen molar-refractivity contribution in [1.82, 2.24) is 0 Å². The molecule has 3 unspecified atom stereocenters. The second kappa shape index (κ2) is 64.2. The Balaban J connectivity index is 5.26. The van der Waals surface area contributed by atoms with Crippen LogP contribution in [0.4, 0.5) is 0 Å². The summed E-state index contributed by atoms with van der Waals surface area (Å²) in [6.07, 6.45) is 52.2. The Labute approximate surface area is 567 Å². The van der Waals surface area contributed by atoms with Gasteiger partial charge in [-0.2, -0.15) is 0 Å². The second-order valence-corrected chi connectivity index (χ2v) is 30.1. The third-order valence-electron chi connectivity index (χ3n) is 16.9. The maximum absolute atomic E-state index is 13.0. The van der Waals surface area contributed by atoms with Crippen LogP contribution in [0.25, 0.3) is 0 Å². The van der Waals surface area contributed by atoms with Crippen LogP contribution in [0.3, 0.4) is 0 Å². The van der Waals surface area contributed by atoms with Crippen molar-refractivity contribution in [3.8, 4) is 0 Å². The number of aliphatic hydroxyl groups is 1. The Kier molecular flexibility index (Phi) is 62.5. The van der Waals surface area contributed by atoms with Crippen LogP contribution in [-0.2, 0) is 65.4 Å². The molecule has 0 aliphatic carbocycles.